The number of azo groups is 1. The number of rotatable bonds is 6. The number of para-hydroxylation sites is 1. The van der Waals surface area contributed by atoms with Crippen molar-refractivity contribution in [1.82, 2.24) is 0 Å². The number of ether oxygens (including phenoxy) is 2. The Bertz CT molecular complexity index is 1170. The minimum Gasteiger partial charge on any atom is -0.497 e. The molecular weight excluding hydrogens is 372 g/mol. The molecule has 0 aliphatic rings. The van der Waals surface area contributed by atoms with Gasteiger partial charge in [0.05, 0.1) is 25.6 Å². The molecule has 4 aromatic rings. The van der Waals surface area contributed by atoms with E-state index in [4.69, 9.17) is 9.47 Å². The normalized spacial score (nSPS) is 10.9. The van der Waals surface area contributed by atoms with Gasteiger partial charge in [-0.05, 0) is 35.9 Å². The summed E-state index contributed by atoms with van der Waals surface area (Å²) in [6, 6.07) is 31.8. The van der Waals surface area contributed by atoms with Crippen molar-refractivity contribution in [2.75, 3.05) is 14.2 Å². The summed E-state index contributed by atoms with van der Waals surface area (Å²) < 4.78 is 10.9. The van der Waals surface area contributed by atoms with E-state index in [1.807, 2.05) is 84.9 Å². The molecule has 0 aliphatic heterocycles. The largest absolute Gasteiger partial charge is 0.497 e. The highest BCUT2D eigenvalue weighted by Gasteiger charge is 2.10. The fraction of sp³-hybridized carbons (Fsp3) is 0.0769. The van der Waals surface area contributed by atoms with Gasteiger partial charge >= 0.3 is 0 Å². The molecule has 4 nitrogen and oxygen atoms in total. The van der Waals surface area contributed by atoms with Crippen LogP contribution < -0.4 is 9.47 Å². The first-order valence-corrected chi connectivity index (χ1v) is 9.68. The van der Waals surface area contributed by atoms with Crippen LogP contribution in [0.25, 0.3) is 22.3 Å². The molecule has 0 atom stereocenters. The average Bonchev–Trinajstić information content (AvgIpc) is 2.83. The molecule has 0 saturated heterocycles. The molecule has 0 aromatic heterocycles. The van der Waals surface area contributed by atoms with E-state index >= 15 is 0 Å². The summed E-state index contributed by atoms with van der Waals surface area (Å²) in [7, 11) is 3.33. The van der Waals surface area contributed by atoms with Crippen LogP contribution in [0.3, 0.4) is 0 Å². The first-order chi connectivity index (χ1) is 14.8. The van der Waals surface area contributed by atoms with Crippen molar-refractivity contribution >= 4 is 11.4 Å². The molecule has 0 aliphatic carbocycles. The Labute approximate surface area is 176 Å². The minimum absolute atomic E-state index is 0.775. The number of hydrogen-bond acceptors (Lipinski definition) is 4. The Kier molecular flexibility index (Phi) is 5.85. The van der Waals surface area contributed by atoms with Crippen molar-refractivity contribution < 1.29 is 9.47 Å². The van der Waals surface area contributed by atoms with Gasteiger partial charge in [-0.3, -0.25) is 0 Å². The van der Waals surface area contributed by atoms with Gasteiger partial charge in [-0.25, -0.2) is 0 Å². The summed E-state index contributed by atoms with van der Waals surface area (Å²) in [6.45, 7) is 0. The van der Waals surface area contributed by atoms with Crippen LogP contribution in [0, 0.1) is 0 Å². The lowest BCUT2D eigenvalue weighted by atomic mass is 10.0. The third kappa shape index (κ3) is 4.08. The van der Waals surface area contributed by atoms with Gasteiger partial charge in [0.2, 0.25) is 0 Å². The second kappa shape index (κ2) is 9.05. The molecule has 0 radical (unpaired) electrons. The van der Waals surface area contributed by atoms with E-state index in [1.54, 1.807) is 14.2 Å². The quantitative estimate of drug-likeness (QED) is 0.319. The molecule has 0 fully saturated rings. The second-order valence-electron chi connectivity index (χ2n) is 6.67. The number of methoxy groups -OCH3 is 2. The lowest BCUT2D eigenvalue weighted by molar-refractivity contribution is 0.415. The third-order valence-electron chi connectivity index (χ3n) is 4.86. The van der Waals surface area contributed by atoms with Crippen molar-refractivity contribution in [2.45, 2.75) is 0 Å². The van der Waals surface area contributed by atoms with E-state index in [1.165, 1.54) is 0 Å². The molecule has 0 saturated carbocycles. The number of benzene rings is 4. The highest BCUT2D eigenvalue weighted by Crippen LogP contribution is 2.38. The highest BCUT2D eigenvalue weighted by atomic mass is 16.5. The van der Waals surface area contributed by atoms with Gasteiger partial charge < -0.3 is 9.47 Å². The van der Waals surface area contributed by atoms with Crippen LogP contribution >= 0.6 is 0 Å². The van der Waals surface area contributed by atoms with Gasteiger partial charge in [-0.15, -0.1) is 10.2 Å². The molecule has 148 valence electrons. The van der Waals surface area contributed by atoms with E-state index < -0.39 is 0 Å². The molecular formula is C26H22N2O2. The molecule has 0 unspecified atom stereocenters. The van der Waals surface area contributed by atoms with Crippen LogP contribution in [-0.4, -0.2) is 14.2 Å². The Hall–Kier alpha value is -3.92. The maximum absolute atomic E-state index is 5.53. The summed E-state index contributed by atoms with van der Waals surface area (Å²) in [6.07, 6.45) is 0. The van der Waals surface area contributed by atoms with Crippen molar-refractivity contribution in [3.63, 3.8) is 0 Å². The molecule has 4 rings (SSSR count). The van der Waals surface area contributed by atoms with Crippen LogP contribution in [-0.2, 0) is 0 Å². The SMILES string of the molecule is COc1ccc(N=Nc2ccccc2-c2ccccc2OC)c(-c2ccccc2)c1. The predicted molar refractivity (Wildman–Crippen MR) is 121 cm³/mol. The van der Waals surface area contributed by atoms with Crippen LogP contribution in [0.2, 0.25) is 0 Å². The first-order valence-electron chi connectivity index (χ1n) is 9.68. The molecule has 0 heterocycles. The predicted octanol–water partition coefficient (Wildman–Crippen LogP) is 7.45. The zero-order valence-electron chi connectivity index (χ0n) is 16.9. The van der Waals surface area contributed by atoms with Crippen LogP contribution in [0.1, 0.15) is 0 Å². The van der Waals surface area contributed by atoms with Crippen LogP contribution in [0.4, 0.5) is 11.4 Å². The third-order valence-corrected chi connectivity index (χ3v) is 4.86. The lowest BCUT2D eigenvalue weighted by Crippen LogP contribution is -1.87. The summed E-state index contributed by atoms with van der Waals surface area (Å²) in [5.41, 5.74) is 5.52. The smallest absolute Gasteiger partial charge is 0.126 e. The number of nitrogens with zero attached hydrogens (tertiary/aromatic N) is 2. The van der Waals surface area contributed by atoms with Gasteiger partial charge in [0.25, 0.3) is 0 Å². The monoisotopic (exact) mass is 394 g/mol. The maximum Gasteiger partial charge on any atom is 0.126 e. The van der Waals surface area contributed by atoms with E-state index in [-0.39, 0.29) is 0 Å². The zero-order chi connectivity index (χ0) is 20.8. The van der Waals surface area contributed by atoms with Crippen molar-refractivity contribution in [1.29, 1.82) is 0 Å². The molecule has 4 heteroatoms. The molecule has 0 bridgehead atoms. The van der Waals surface area contributed by atoms with Crippen molar-refractivity contribution in [3.8, 4) is 33.8 Å². The van der Waals surface area contributed by atoms with E-state index in [0.717, 1.165) is 45.1 Å². The standard InChI is InChI=1S/C26H22N2O2/c1-29-20-16-17-25(23(18-20)19-10-4-3-5-11-19)28-27-24-14-8-6-12-21(24)22-13-7-9-15-26(22)30-2/h3-18H,1-2H3. The highest BCUT2D eigenvalue weighted by molar-refractivity contribution is 5.80. The maximum atomic E-state index is 5.53. The lowest BCUT2D eigenvalue weighted by Gasteiger charge is -2.11. The fourth-order valence-electron chi connectivity index (χ4n) is 3.34. The average molecular weight is 394 g/mol. The second-order valence-corrected chi connectivity index (χ2v) is 6.67. The molecule has 0 amide bonds. The summed E-state index contributed by atoms with van der Waals surface area (Å²) in [5.74, 6) is 1.58. The van der Waals surface area contributed by atoms with Gasteiger partial charge in [-0.2, -0.15) is 0 Å². The molecule has 0 spiro atoms. The first kappa shape index (κ1) is 19.4. The fourth-order valence-corrected chi connectivity index (χ4v) is 3.34. The van der Waals surface area contributed by atoms with Gasteiger partial charge in [0.15, 0.2) is 0 Å². The van der Waals surface area contributed by atoms with E-state index in [0.29, 0.717) is 0 Å². The van der Waals surface area contributed by atoms with Crippen LogP contribution in [0.5, 0.6) is 11.5 Å². The zero-order valence-corrected chi connectivity index (χ0v) is 16.9. The Morgan fingerprint density at radius 2 is 1.17 bits per heavy atom. The Morgan fingerprint density at radius 1 is 0.533 bits per heavy atom. The minimum atomic E-state index is 0.775. The number of hydrogen-bond donors (Lipinski definition) is 0. The van der Waals surface area contributed by atoms with Crippen molar-refractivity contribution in [3.05, 3.63) is 97.1 Å². The van der Waals surface area contributed by atoms with E-state index in [2.05, 4.69) is 22.4 Å². The summed E-state index contributed by atoms with van der Waals surface area (Å²) in [4.78, 5) is 0. The molecule has 0 N–H and O–H groups in total. The van der Waals surface area contributed by atoms with Crippen LogP contribution in [0.15, 0.2) is 107 Å². The van der Waals surface area contributed by atoms with E-state index in [9.17, 15) is 0 Å². The van der Waals surface area contributed by atoms with Gasteiger partial charge in [0.1, 0.15) is 11.5 Å². The topological polar surface area (TPSA) is 43.2 Å². The molecule has 30 heavy (non-hydrogen) atoms. The van der Waals surface area contributed by atoms with Gasteiger partial charge in [-0.1, -0.05) is 66.7 Å². The Balaban J connectivity index is 1.78. The van der Waals surface area contributed by atoms with Crippen molar-refractivity contribution in [2.24, 2.45) is 10.2 Å². The summed E-state index contributed by atoms with van der Waals surface area (Å²) >= 11 is 0. The molecule has 4 aromatic carbocycles. The van der Waals surface area contributed by atoms with Gasteiger partial charge in [0, 0.05) is 16.7 Å². The summed E-state index contributed by atoms with van der Waals surface area (Å²) in [5, 5.41) is 9.20. The Morgan fingerprint density at radius 3 is 1.90 bits per heavy atom.